The second-order valence-electron chi connectivity index (χ2n) is 14.5. The number of Topliss-reactive ketones (excluding diaryl/α,β-unsaturated/α-hetero) is 1. The van der Waals surface area contributed by atoms with Gasteiger partial charge in [-0.25, -0.2) is 0 Å². The standard InChI is InChI=1S/C30H48O/c1-19-11-14-27(5)17-18-29(7)21(25(27)20(19)2)9-10-23-28(6)15-13-24(31)26(3,4)22(28)12-16-30(23,29)8/h19,21-23,25H,2,9-18H2,1,3-8H3. The van der Waals surface area contributed by atoms with Gasteiger partial charge in [0.05, 0.1) is 0 Å². The van der Waals surface area contributed by atoms with Gasteiger partial charge in [-0.1, -0.05) is 60.6 Å². The molecule has 5 saturated carbocycles. The largest absolute Gasteiger partial charge is 0.299 e. The monoisotopic (exact) mass is 424 g/mol. The Hall–Kier alpha value is -0.590. The Morgan fingerprint density at radius 3 is 2.19 bits per heavy atom. The van der Waals surface area contributed by atoms with Gasteiger partial charge < -0.3 is 0 Å². The van der Waals surface area contributed by atoms with Gasteiger partial charge in [-0.05, 0) is 109 Å². The van der Waals surface area contributed by atoms with Crippen molar-refractivity contribution in [2.24, 2.45) is 56.7 Å². The molecule has 0 aromatic carbocycles. The first-order chi connectivity index (χ1) is 14.3. The highest BCUT2D eigenvalue weighted by Gasteiger charge is 2.69. The summed E-state index contributed by atoms with van der Waals surface area (Å²) in [4.78, 5) is 12.9. The first-order valence-electron chi connectivity index (χ1n) is 13.5. The fraction of sp³-hybridized carbons (Fsp3) is 0.900. The van der Waals surface area contributed by atoms with Crippen LogP contribution in [0.25, 0.3) is 0 Å². The van der Waals surface area contributed by atoms with E-state index in [9.17, 15) is 4.79 Å². The molecule has 0 amide bonds. The fourth-order valence-electron chi connectivity index (χ4n) is 11.0. The molecule has 0 saturated heterocycles. The third-order valence-corrected chi connectivity index (χ3v) is 13.2. The molecule has 0 heterocycles. The van der Waals surface area contributed by atoms with Crippen molar-refractivity contribution in [3.63, 3.8) is 0 Å². The van der Waals surface area contributed by atoms with Crippen LogP contribution in [0.1, 0.15) is 113 Å². The summed E-state index contributed by atoms with van der Waals surface area (Å²) < 4.78 is 0. The molecule has 174 valence electrons. The highest BCUT2D eigenvalue weighted by Crippen LogP contribution is 2.76. The molecule has 0 aliphatic heterocycles. The summed E-state index contributed by atoms with van der Waals surface area (Å²) in [6.45, 7) is 22.3. The number of carbonyl (C=O) groups excluding carboxylic acids is 1. The average Bonchev–Trinajstić information content (AvgIpc) is 2.69. The minimum atomic E-state index is -0.135. The zero-order chi connectivity index (χ0) is 22.6. The molecule has 0 radical (unpaired) electrons. The zero-order valence-electron chi connectivity index (χ0n) is 21.6. The average molecular weight is 425 g/mol. The van der Waals surface area contributed by atoms with Gasteiger partial charge in [0.15, 0.2) is 0 Å². The van der Waals surface area contributed by atoms with Gasteiger partial charge in [0.2, 0.25) is 0 Å². The van der Waals surface area contributed by atoms with Crippen LogP contribution in [0.5, 0.6) is 0 Å². The van der Waals surface area contributed by atoms with Crippen LogP contribution in [-0.2, 0) is 4.79 Å². The molecule has 9 unspecified atom stereocenters. The lowest BCUT2D eigenvalue weighted by Gasteiger charge is -2.73. The normalized spacial score (nSPS) is 56.2. The van der Waals surface area contributed by atoms with E-state index in [1.807, 2.05) is 0 Å². The highest BCUT2D eigenvalue weighted by atomic mass is 16.1. The summed E-state index contributed by atoms with van der Waals surface area (Å²) in [6, 6.07) is 0. The van der Waals surface area contributed by atoms with Gasteiger partial charge in [-0.3, -0.25) is 4.79 Å². The Morgan fingerprint density at radius 2 is 1.48 bits per heavy atom. The first-order valence-corrected chi connectivity index (χ1v) is 13.5. The third kappa shape index (κ3) is 2.59. The summed E-state index contributed by atoms with van der Waals surface area (Å²) in [5, 5.41) is 0. The molecule has 5 rings (SSSR count). The van der Waals surface area contributed by atoms with Crippen LogP contribution < -0.4 is 0 Å². The highest BCUT2D eigenvalue weighted by molar-refractivity contribution is 5.85. The summed E-state index contributed by atoms with van der Waals surface area (Å²) in [5.41, 5.74) is 3.09. The number of ketones is 1. The van der Waals surface area contributed by atoms with E-state index in [1.165, 1.54) is 51.4 Å². The molecule has 5 aliphatic carbocycles. The topological polar surface area (TPSA) is 17.1 Å². The Labute approximate surface area is 192 Å². The van der Waals surface area contributed by atoms with Crippen molar-refractivity contribution in [2.75, 3.05) is 0 Å². The lowest BCUT2D eigenvalue weighted by molar-refractivity contribution is -0.232. The molecular weight excluding hydrogens is 376 g/mol. The number of rotatable bonds is 0. The Kier molecular flexibility index (Phi) is 4.66. The van der Waals surface area contributed by atoms with Crippen molar-refractivity contribution >= 4 is 5.78 Å². The minimum Gasteiger partial charge on any atom is -0.299 e. The van der Waals surface area contributed by atoms with Crippen LogP contribution in [-0.4, -0.2) is 5.78 Å². The van der Waals surface area contributed by atoms with Crippen molar-refractivity contribution in [1.29, 1.82) is 0 Å². The predicted molar refractivity (Wildman–Crippen MR) is 130 cm³/mol. The number of allylic oxidation sites excluding steroid dienone is 1. The molecule has 31 heavy (non-hydrogen) atoms. The molecule has 0 N–H and O–H groups in total. The number of hydrogen-bond donors (Lipinski definition) is 0. The maximum atomic E-state index is 12.9. The second-order valence-corrected chi connectivity index (χ2v) is 14.5. The number of hydrogen-bond acceptors (Lipinski definition) is 1. The van der Waals surface area contributed by atoms with Crippen LogP contribution in [0, 0.1) is 56.7 Å². The van der Waals surface area contributed by atoms with Crippen LogP contribution in [0.3, 0.4) is 0 Å². The van der Waals surface area contributed by atoms with Crippen molar-refractivity contribution in [2.45, 2.75) is 113 Å². The van der Waals surface area contributed by atoms with Crippen molar-refractivity contribution < 1.29 is 4.79 Å². The molecule has 0 aromatic heterocycles. The molecule has 0 bridgehead atoms. The number of fused-ring (bicyclic) bond motifs is 7. The van der Waals surface area contributed by atoms with E-state index < -0.39 is 0 Å². The quantitative estimate of drug-likeness (QED) is 0.358. The minimum absolute atomic E-state index is 0.135. The fourth-order valence-corrected chi connectivity index (χ4v) is 11.0. The van der Waals surface area contributed by atoms with E-state index in [-0.39, 0.29) is 5.41 Å². The van der Waals surface area contributed by atoms with Gasteiger partial charge in [-0.2, -0.15) is 0 Å². The first kappa shape index (κ1) is 22.2. The van der Waals surface area contributed by atoms with Crippen molar-refractivity contribution in [3.8, 4) is 0 Å². The molecule has 9 atom stereocenters. The number of carbonyl (C=O) groups is 1. The lowest BCUT2D eigenvalue weighted by Crippen LogP contribution is -2.66. The maximum absolute atomic E-state index is 12.9. The van der Waals surface area contributed by atoms with Gasteiger partial charge in [0.25, 0.3) is 0 Å². The zero-order valence-corrected chi connectivity index (χ0v) is 21.6. The summed E-state index contributed by atoms with van der Waals surface area (Å²) in [7, 11) is 0. The SMILES string of the molecule is C=C1C(C)CCC2(C)CCC3(C)C(CCC4C5(C)CCC(=O)C(C)(C)C5CCC43C)C12. The van der Waals surface area contributed by atoms with Gasteiger partial charge in [0.1, 0.15) is 5.78 Å². The molecule has 1 heteroatoms. The van der Waals surface area contributed by atoms with E-state index in [2.05, 4.69) is 48.5 Å². The molecule has 0 spiro atoms. The Balaban J connectivity index is 1.55. The van der Waals surface area contributed by atoms with Crippen LogP contribution in [0.4, 0.5) is 0 Å². The van der Waals surface area contributed by atoms with Crippen LogP contribution in [0.15, 0.2) is 12.2 Å². The molecule has 1 nitrogen and oxygen atoms in total. The van der Waals surface area contributed by atoms with E-state index in [0.717, 1.165) is 30.6 Å². The van der Waals surface area contributed by atoms with Gasteiger partial charge in [0, 0.05) is 11.8 Å². The predicted octanol–water partition coefficient (Wildman–Crippen LogP) is 8.23. The van der Waals surface area contributed by atoms with E-state index >= 15 is 0 Å². The summed E-state index contributed by atoms with van der Waals surface area (Å²) >= 11 is 0. The molecule has 5 fully saturated rings. The van der Waals surface area contributed by atoms with Gasteiger partial charge >= 0.3 is 0 Å². The summed E-state index contributed by atoms with van der Waals surface area (Å²) in [5.74, 6) is 4.09. The van der Waals surface area contributed by atoms with Crippen LogP contribution in [0.2, 0.25) is 0 Å². The Bertz CT molecular complexity index is 807. The molecule has 5 aliphatic rings. The van der Waals surface area contributed by atoms with Gasteiger partial charge in [-0.15, -0.1) is 0 Å². The molecular formula is C30H48O. The summed E-state index contributed by atoms with van der Waals surface area (Å²) in [6.07, 6.45) is 12.8. The van der Waals surface area contributed by atoms with E-state index in [0.29, 0.717) is 39.3 Å². The van der Waals surface area contributed by atoms with Crippen molar-refractivity contribution in [1.82, 2.24) is 0 Å². The van der Waals surface area contributed by atoms with Crippen LogP contribution >= 0.6 is 0 Å². The Morgan fingerprint density at radius 1 is 0.774 bits per heavy atom. The molecule has 0 aromatic rings. The van der Waals surface area contributed by atoms with E-state index in [1.54, 1.807) is 5.57 Å². The second kappa shape index (κ2) is 6.50. The maximum Gasteiger partial charge on any atom is 0.138 e. The third-order valence-electron chi connectivity index (χ3n) is 13.2. The smallest absolute Gasteiger partial charge is 0.138 e. The van der Waals surface area contributed by atoms with E-state index in [4.69, 9.17) is 6.58 Å². The lowest BCUT2D eigenvalue weighted by atomic mass is 9.31. The van der Waals surface area contributed by atoms with Crippen molar-refractivity contribution in [3.05, 3.63) is 12.2 Å².